The van der Waals surface area contributed by atoms with Crippen molar-refractivity contribution < 1.29 is 19.1 Å². The van der Waals surface area contributed by atoms with Crippen LogP contribution in [-0.4, -0.2) is 58.9 Å². The summed E-state index contributed by atoms with van der Waals surface area (Å²) in [6.07, 6.45) is 4.16. The molecule has 0 bridgehead atoms. The lowest BCUT2D eigenvalue weighted by Gasteiger charge is -2.18. The van der Waals surface area contributed by atoms with Crippen molar-refractivity contribution in [3.8, 4) is 11.4 Å². The number of benzene rings is 1. The Morgan fingerprint density at radius 3 is 2.39 bits per heavy atom. The van der Waals surface area contributed by atoms with Gasteiger partial charge in [-0.3, -0.25) is 9.59 Å². The minimum Gasteiger partial charge on any atom is -0.391 e. The minimum atomic E-state index is -1.03. The van der Waals surface area contributed by atoms with Gasteiger partial charge < -0.3 is 15.0 Å². The zero-order chi connectivity index (χ0) is 27.4. The first kappa shape index (κ1) is 28.1. The fourth-order valence-corrected chi connectivity index (χ4v) is 5.33. The van der Waals surface area contributed by atoms with Crippen LogP contribution in [-0.2, 0) is 26.2 Å². The van der Waals surface area contributed by atoms with E-state index in [2.05, 4.69) is 52.0 Å². The molecule has 2 atom stereocenters. The average molecular weight is 600 g/mol. The molecular weight excluding hydrogens is 568 g/mol. The number of nitrogens with one attached hydrogen (secondary N) is 1. The highest BCUT2D eigenvalue weighted by Crippen LogP contribution is 2.29. The first-order valence-electron chi connectivity index (χ1n) is 12.4. The Morgan fingerprint density at radius 2 is 1.82 bits per heavy atom. The molecular formula is C28H31BrN4O4S. The van der Waals surface area contributed by atoms with E-state index in [1.807, 2.05) is 42.3 Å². The number of nitrogens with zero attached hydrogens (tertiary/aromatic N) is 3. The van der Waals surface area contributed by atoms with E-state index >= 15 is 0 Å². The van der Waals surface area contributed by atoms with Gasteiger partial charge in [0, 0.05) is 35.8 Å². The Balaban J connectivity index is 1.51. The molecule has 1 aliphatic rings. The molecule has 0 saturated carbocycles. The van der Waals surface area contributed by atoms with Crippen LogP contribution in [0.5, 0.6) is 0 Å². The third-order valence-corrected chi connectivity index (χ3v) is 8.28. The average Bonchev–Trinajstić information content (AvgIpc) is 3.54. The Labute approximate surface area is 235 Å². The van der Waals surface area contributed by atoms with Gasteiger partial charge >= 0.3 is 11.9 Å². The SMILES string of the molecule is CN1CCC(C(=O)OC(=O)[C@H](Cc2ccc(-c3ncc(Br)cn3)cc2)NC(=O)c2ccc(C(C)(C)C)s2)C1. The van der Waals surface area contributed by atoms with E-state index in [4.69, 9.17) is 4.74 Å². The van der Waals surface area contributed by atoms with Gasteiger partial charge in [0.2, 0.25) is 0 Å². The number of amides is 1. The van der Waals surface area contributed by atoms with E-state index < -0.39 is 18.0 Å². The molecule has 38 heavy (non-hydrogen) atoms. The third kappa shape index (κ3) is 7.12. The topological polar surface area (TPSA) is 101 Å². The Hall–Kier alpha value is -2.95. The summed E-state index contributed by atoms with van der Waals surface area (Å²) in [6.45, 7) is 7.56. The van der Waals surface area contributed by atoms with E-state index in [0.717, 1.165) is 27.0 Å². The van der Waals surface area contributed by atoms with Gasteiger partial charge in [0.25, 0.3) is 5.91 Å². The predicted molar refractivity (Wildman–Crippen MR) is 150 cm³/mol. The van der Waals surface area contributed by atoms with Crippen LogP contribution in [0.3, 0.4) is 0 Å². The summed E-state index contributed by atoms with van der Waals surface area (Å²) in [5, 5.41) is 2.81. The van der Waals surface area contributed by atoms with Crippen molar-refractivity contribution in [2.75, 3.05) is 20.1 Å². The number of hydrogen-bond acceptors (Lipinski definition) is 8. The number of carbonyl (C=O) groups is 3. The zero-order valence-electron chi connectivity index (χ0n) is 21.9. The maximum atomic E-state index is 13.2. The summed E-state index contributed by atoms with van der Waals surface area (Å²) in [5.41, 5.74) is 1.52. The number of halogens is 1. The van der Waals surface area contributed by atoms with Gasteiger partial charge in [-0.15, -0.1) is 11.3 Å². The fraction of sp³-hybridized carbons (Fsp3) is 0.393. The van der Waals surface area contributed by atoms with Gasteiger partial charge in [0.1, 0.15) is 6.04 Å². The summed E-state index contributed by atoms with van der Waals surface area (Å²) in [4.78, 5) is 51.1. The highest BCUT2D eigenvalue weighted by molar-refractivity contribution is 9.10. The summed E-state index contributed by atoms with van der Waals surface area (Å²) in [7, 11) is 1.92. The van der Waals surface area contributed by atoms with Gasteiger partial charge in [0.15, 0.2) is 5.82 Å². The van der Waals surface area contributed by atoms with Gasteiger partial charge in [-0.1, -0.05) is 45.0 Å². The molecule has 2 aromatic heterocycles. The molecule has 0 radical (unpaired) electrons. The highest BCUT2D eigenvalue weighted by atomic mass is 79.9. The summed E-state index contributed by atoms with van der Waals surface area (Å²) < 4.78 is 6.06. The second-order valence-electron chi connectivity index (χ2n) is 10.6. The molecule has 200 valence electrons. The molecule has 1 aliphatic heterocycles. The molecule has 1 amide bonds. The molecule has 3 heterocycles. The molecule has 1 fully saturated rings. The number of hydrogen-bond donors (Lipinski definition) is 1. The lowest BCUT2D eigenvalue weighted by Crippen LogP contribution is -2.44. The molecule has 1 aromatic carbocycles. The molecule has 1 N–H and O–H groups in total. The Bertz CT molecular complexity index is 1300. The minimum absolute atomic E-state index is 0.0946. The number of esters is 2. The molecule has 1 saturated heterocycles. The smallest absolute Gasteiger partial charge is 0.336 e. The normalized spacial score (nSPS) is 16.7. The van der Waals surface area contributed by atoms with Crippen LogP contribution in [0.4, 0.5) is 0 Å². The van der Waals surface area contributed by atoms with Crippen molar-refractivity contribution >= 4 is 45.1 Å². The molecule has 10 heteroatoms. The lowest BCUT2D eigenvalue weighted by molar-refractivity contribution is -0.163. The summed E-state index contributed by atoms with van der Waals surface area (Å²) >= 11 is 4.72. The number of carbonyl (C=O) groups excluding carboxylic acids is 3. The number of rotatable bonds is 7. The zero-order valence-corrected chi connectivity index (χ0v) is 24.3. The predicted octanol–water partition coefficient (Wildman–Crippen LogP) is 4.63. The van der Waals surface area contributed by atoms with Crippen molar-refractivity contribution in [1.29, 1.82) is 0 Å². The van der Waals surface area contributed by atoms with Crippen molar-refractivity contribution in [1.82, 2.24) is 20.2 Å². The van der Waals surface area contributed by atoms with E-state index in [9.17, 15) is 14.4 Å². The number of likely N-dealkylation sites (tertiary alicyclic amines) is 1. The first-order valence-corrected chi connectivity index (χ1v) is 14.0. The Kier molecular flexibility index (Phi) is 8.74. The number of ether oxygens (including phenoxy) is 1. The molecule has 4 rings (SSSR count). The van der Waals surface area contributed by atoms with Crippen molar-refractivity contribution in [2.45, 2.75) is 45.1 Å². The molecule has 1 unspecified atom stereocenters. The van der Waals surface area contributed by atoms with Crippen LogP contribution >= 0.6 is 27.3 Å². The quantitative estimate of drug-likeness (QED) is 0.312. The maximum Gasteiger partial charge on any atom is 0.336 e. The van der Waals surface area contributed by atoms with Crippen LogP contribution in [0, 0.1) is 5.92 Å². The largest absolute Gasteiger partial charge is 0.391 e. The fourth-order valence-electron chi connectivity index (χ4n) is 4.15. The lowest BCUT2D eigenvalue weighted by atomic mass is 9.95. The van der Waals surface area contributed by atoms with Crippen LogP contribution in [0.25, 0.3) is 11.4 Å². The van der Waals surface area contributed by atoms with E-state index in [1.54, 1.807) is 18.5 Å². The van der Waals surface area contributed by atoms with E-state index in [1.165, 1.54) is 11.3 Å². The van der Waals surface area contributed by atoms with Crippen molar-refractivity contribution in [3.05, 3.63) is 68.6 Å². The second-order valence-corrected chi connectivity index (χ2v) is 12.6. The van der Waals surface area contributed by atoms with Gasteiger partial charge in [-0.05, 0) is 59.1 Å². The van der Waals surface area contributed by atoms with Crippen LogP contribution in [0.15, 0.2) is 53.3 Å². The second kappa shape index (κ2) is 11.8. The molecule has 0 spiro atoms. The number of thiophene rings is 1. The standard InChI is InChI=1S/C28H31BrN4O4S/c1-28(2,3)23-10-9-22(38-23)25(34)32-21(27(36)37-26(35)19-11-12-33(4)16-19)13-17-5-7-18(8-6-17)24-30-14-20(29)15-31-24/h5-10,14-15,19,21H,11-13,16H2,1-4H3,(H,32,34)/t19?,21-/m0/s1. The molecule has 8 nitrogen and oxygen atoms in total. The van der Waals surface area contributed by atoms with Gasteiger partial charge in [0.05, 0.1) is 15.3 Å². The summed E-state index contributed by atoms with van der Waals surface area (Å²) in [5.74, 6) is -1.46. The maximum absolute atomic E-state index is 13.2. The van der Waals surface area contributed by atoms with Crippen molar-refractivity contribution in [2.24, 2.45) is 5.92 Å². The van der Waals surface area contributed by atoms with Gasteiger partial charge in [-0.25, -0.2) is 14.8 Å². The van der Waals surface area contributed by atoms with Crippen LogP contribution in [0.1, 0.15) is 47.3 Å². The highest BCUT2D eigenvalue weighted by Gasteiger charge is 2.32. The van der Waals surface area contributed by atoms with Crippen LogP contribution in [0.2, 0.25) is 0 Å². The van der Waals surface area contributed by atoms with E-state index in [-0.39, 0.29) is 23.7 Å². The first-order chi connectivity index (χ1) is 18.0. The van der Waals surface area contributed by atoms with E-state index in [0.29, 0.717) is 23.7 Å². The van der Waals surface area contributed by atoms with Crippen molar-refractivity contribution in [3.63, 3.8) is 0 Å². The Morgan fingerprint density at radius 1 is 1.13 bits per heavy atom. The molecule has 3 aromatic rings. The number of aromatic nitrogens is 2. The van der Waals surface area contributed by atoms with Crippen LogP contribution < -0.4 is 5.32 Å². The summed E-state index contributed by atoms with van der Waals surface area (Å²) in [6, 6.07) is 10.1. The third-order valence-electron chi connectivity index (χ3n) is 6.36. The molecule has 0 aliphatic carbocycles. The monoisotopic (exact) mass is 598 g/mol. The van der Waals surface area contributed by atoms with Gasteiger partial charge in [-0.2, -0.15) is 0 Å².